The molecule has 3 N–H and O–H groups in total. The van der Waals surface area contributed by atoms with Gasteiger partial charge in [-0.3, -0.25) is 38.5 Å². The molecule has 2 saturated heterocycles. The molecule has 3 aliphatic rings. The van der Waals surface area contributed by atoms with E-state index in [0.717, 1.165) is 18.4 Å². The minimum absolute atomic E-state index is 0.0750. The molecule has 7 amide bonds. The van der Waals surface area contributed by atoms with Crippen molar-refractivity contribution >= 4 is 47.3 Å². The SMILES string of the molecule is CC[C@H](C)[C@@H]([C@@H](CC(=O)N1CCC[C@H]1[C@H](OC)[C@@H](C)C(=O)N[C@@H](Cc1ccccc1)C(=O)O)OC)N(C)C(=O)[C@@H](NC(=O)[C@]1(C)CCCCN1C(=O)CCCCCN1C(=O)C=CC1=O)C(C)C. The summed E-state index contributed by atoms with van der Waals surface area (Å²) in [7, 11) is 4.66. The highest BCUT2D eigenvalue weighted by Crippen LogP contribution is 2.32. The van der Waals surface area contributed by atoms with Crippen molar-refractivity contribution in [1.82, 2.24) is 30.2 Å². The Morgan fingerprint density at radius 1 is 0.881 bits per heavy atom. The minimum atomic E-state index is -1.19. The summed E-state index contributed by atoms with van der Waals surface area (Å²) in [6, 6.07) is 5.88. The van der Waals surface area contributed by atoms with Crippen molar-refractivity contribution in [2.45, 2.75) is 161 Å². The van der Waals surface area contributed by atoms with Crippen LogP contribution < -0.4 is 10.6 Å². The molecule has 0 radical (unpaired) electrons. The van der Waals surface area contributed by atoms with E-state index in [-0.39, 0.29) is 67.2 Å². The van der Waals surface area contributed by atoms with Gasteiger partial charge >= 0.3 is 5.97 Å². The predicted octanol–water partition coefficient (Wildman–Crippen LogP) is 4.12. The Hall–Kier alpha value is -5.16. The molecule has 0 aliphatic carbocycles. The number of hydrogen-bond acceptors (Lipinski definition) is 10. The number of imide groups is 1. The standard InChI is InChI=1S/C50H76N6O11/c1-10-33(4)44(38(66-8)31-42(60)54-28-19-22-37(54)45(67-9)34(5)46(61)51-36(48(63)64)30-35-20-13-11-14-21-35)53(7)47(62)43(32(2)3)52-49(65)50(6)26-16-18-29-56(50)41(59)23-15-12-17-27-55-39(57)24-25-40(55)58/h11,13-14,20-21,24-25,32-34,36-38,43-45H,10,12,15-19,22-23,26-31H2,1-9H3,(H,51,61)(H,52,65)(H,63,64)/t33-,34+,36-,37-,38+,43-,44-,45+,50-/m0/s1. The Bertz CT molecular complexity index is 1910. The molecule has 3 aliphatic heterocycles. The number of aliphatic carboxylic acids is 1. The Morgan fingerprint density at radius 2 is 1.55 bits per heavy atom. The minimum Gasteiger partial charge on any atom is -0.480 e. The van der Waals surface area contributed by atoms with E-state index in [1.54, 1.807) is 59.9 Å². The molecule has 0 spiro atoms. The Labute approximate surface area is 396 Å². The summed E-state index contributed by atoms with van der Waals surface area (Å²) in [4.78, 5) is 113. The first-order chi connectivity index (χ1) is 31.8. The van der Waals surface area contributed by atoms with Gasteiger partial charge in [0.1, 0.15) is 17.6 Å². The molecule has 1 aromatic rings. The van der Waals surface area contributed by atoms with Gasteiger partial charge in [-0.25, -0.2) is 4.79 Å². The number of benzene rings is 1. The number of hydrogen-bond donors (Lipinski definition) is 3. The molecule has 0 saturated carbocycles. The lowest BCUT2D eigenvalue weighted by atomic mass is 9.86. The molecule has 0 aromatic heterocycles. The van der Waals surface area contributed by atoms with Crippen LogP contribution in [-0.2, 0) is 54.3 Å². The van der Waals surface area contributed by atoms with Gasteiger partial charge in [0.05, 0.1) is 36.6 Å². The summed E-state index contributed by atoms with van der Waals surface area (Å²) in [5.74, 6) is -4.75. The molecular weight excluding hydrogens is 861 g/mol. The number of likely N-dealkylation sites (N-methyl/N-ethyl adjacent to an activating group) is 1. The lowest BCUT2D eigenvalue weighted by Gasteiger charge is -2.45. The monoisotopic (exact) mass is 937 g/mol. The molecule has 9 atom stereocenters. The maximum atomic E-state index is 14.7. The van der Waals surface area contributed by atoms with Gasteiger partial charge in [0.15, 0.2) is 0 Å². The number of carbonyl (C=O) groups is 8. The van der Waals surface area contributed by atoms with Crippen LogP contribution in [0.2, 0.25) is 0 Å². The first-order valence-corrected chi connectivity index (χ1v) is 24.1. The molecule has 17 heteroatoms. The summed E-state index contributed by atoms with van der Waals surface area (Å²) >= 11 is 0. The molecule has 0 unspecified atom stereocenters. The number of piperidine rings is 1. The maximum absolute atomic E-state index is 14.7. The molecule has 2 fully saturated rings. The second kappa shape index (κ2) is 25.3. The van der Waals surface area contributed by atoms with Crippen LogP contribution in [0.5, 0.6) is 0 Å². The van der Waals surface area contributed by atoms with Gasteiger partial charge in [0, 0.05) is 65.9 Å². The third-order valence-corrected chi connectivity index (χ3v) is 14.2. The highest BCUT2D eigenvalue weighted by Gasteiger charge is 2.47. The van der Waals surface area contributed by atoms with E-state index in [2.05, 4.69) is 10.6 Å². The van der Waals surface area contributed by atoms with E-state index in [1.807, 2.05) is 33.8 Å². The average molecular weight is 937 g/mol. The fraction of sp³-hybridized carbons (Fsp3) is 0.680. The summed E-state index contributed by atoms with van der Waals surface area (Å²) in [5, 5.41) is 15.7. The zero-order valence-corrected chi connectivity index (χ0v) is 41.2. The second-order valence-corrected chi connectivity index (χ2v) is 19.1. The highest BCUT2D eigenvalue weighted by molar-refractivity contribution is 6.12. The number of amides is 7. The van der Waals surface area contributed by atoms with Crippen LogP contribution in [0.1, 0.15) is 118 Å². The molecule has 1 aromatic carbocycles. The lowest BCUT2D eigenvalue weighted by molar-refractivity contribution is -0.153. The molecule has 372 valence electrons. The van der Waals surface area contributed by atoms with Gasteiger partial charge < -0.3 is 39.9 Å². The number of carboxylic acid groups (broad SMARTS) is 1. The highest BCUT2D eigenvalue weighted by atomic mass is 16.5. The Kier molecular flexibility index (Phi) is 20.5. The molecule has 3 heterocycles. The number of ether oxygens (including phenoxy) is 2. The van der Waals surface area contributed by atoms with E-state index in [1.165, 1.54) is 31.3 Å². The third-order valence-electron chi connectivity index (χ3n) is 14.2. The number of carbonyl (C=O) groups excluding carboxylic acids is 7. The van der Waals surface area contributed by atoms with Crippen LogP contribution >= 0.6 is 0 Å². The van der Waals surface area contributed by atoms with Crippen molar-refractivity contribution in [2.24, 2.45) is 17.8 Å². The van der Waals surface area contributed by atoms with E-state index in [0.29, 0.717) is 58.0 Å². The zero-order valence-electron chi connectivity index (χ0n) is 41.2. The van der Waals surface area contributed by atoms with Crippen molar-refractivity contribution in [2.75, 3.05) is 40.9 Å². The smallest absolute Gasteiger partial charge is 0.326 e. The van der Waals surface area contributed by atoms with E-state index < -0.39 is 65.6 Å². The van der Waals surface area contributed by atoms with Crippen molar-refractivity contribution in [3.63, 3.8) is 0 Å². The van der Waals surface area contributed by atoms with Crippen molar-refractivity contribution < 1.29 is 52.9 Å². The van der Waals surface area contributed by atoms with E-state index >= 15 is 0 Å². The number of likely N-dealkylation sites (tertiary alicyclic amines) is 2. The van der Waals surface area contributed by atoms with Gasteiger partial charge in [0.2, 0.25) is 29.5 Å². The molecular formula is C50H76N6O11. The van der Waals surface area contributed by atoms with Gasteiger partial charge in [-0.15, -0.1) is 0 Å². The molecule has 67 heavy (non-hydrogen) atoms. The number of unbranched alkanes of at least 4 members (excludes halogenated alkanes) is 2. The largest absolute Gasteiger partial charge is 0.480 e. The number of carboxylic acids is 1. The van der Waals surface area contributed by atoms with E-state index in [9.17, 15) is 43.5 Å². The summed E-state index contributed by atoms with van der Waals surface area (Å²) in [6.45, 7) is 12.2. The predicted molar refractivity (Wildman–Crippen MR) is 251 cm³/mol. The topological polar surface area (TPSA) is 212 Å². The van der Waals surface area contributed by atoms with Crippen LogP contribution in [-0.4, -0.2) is 155 Å². The van der Waals surface area contributed by atoms with Gasteiger partial charge in [-0.2, -0.15) is 0 Å². The van der Waals surface area contributed by atoms with Gasteiger partial charge in [0.25, 0.3) is 11.8 Å². The van der Waals surface area contributed by atoms with Crippen LogP contribution in [0, 0.1) is 17.8 Å². The van der Waals surface area contributed by atoms with Gasteiger partial charge in [-0.1, -0.05) is 77.8 Å². The first kappa shape index (κ1) is 54.4. The summed E-state index contributed by atoms with van der Waals surface area (Å²) in [5.41, 5.74) is -0.426. The zero-order chi connectivity index (χ0) is 49.6. The number of methoxy groups -OCH3 is 2. The number of nitrogens with zero attached hydrogens (tertiary/aromatic N) is 4. The maximum Gasteiger partial charge on any atom is 0.326 e. The van der Waals surface area contributed by atoms with Crippen LogP contribution in [0.15, 0.2) is 42.5 Å². The normalized spacial score (nSPS) is 21.6. The van der Waals surface area contributed by atoms with Crippen molar-refractivity contribution in [1.29, 1.82) is 0 Å². The second-order valence-electron chi connectivity index (χ2n) is 19.1. The fourth-order valence-electron chi connectivity index (χ4n) is 9.96. The van der Waals surface area contributed by atoms with Crippen molar-refractivity contribution in [3.8, 4) is 0 Å². The van der Waals surface area contributed by atoms with E-state index in [4.69, 9.17) is 9.47 Å². The van der Waals surface area contributed by atoms with Crippen LogP contribution in [0.3, 0.4) is 0 Å². The fourth-order valence-corrected chi connectivity index (χ4v) is 9.96. The van der Waals surface area contributed by atoms with Gasteiger partial charge in [-0.05, 0) is 69.3 Å². The Balaban J connectivity index is 1.43. The molecule has 17 nitrogen and oxygen atoms in total. The third kappa shape index (κ3) is 13.7. The molecule has 4 rings (SSSR count). The Morgan fingerprint density at radius 3 is 2.15 bits per heavy atom. The molecule has 0 bridgehead atoms. The van der Waals surface area contributed by atoms with Crippen LogP contribution in [0.4, 0.5) is 0 Å². The first-order valence-electron chi connectivity index (χ1n) is 24.1. The van der Waals surface area contributed by atoms with Crippen LogP contribution in [0.25, 0.3) is 0 Å². The van der Waals surface area contributed by atoms with Crippen molar-refractivity contribution in [3.05, 3.63) is 48.0 Å². The summed E-state index contributed by atoms with van der Waals surface area (Å²) < 4.78 is 12.0. The number of rotatable bonds is 25. The number of nitrogens with one attached hydrogen (secondary N) is 2. The quantitative estimate of drug-likeness (QED) is 0.0938. The summed E-state index contributed by atoms with van der Waals surface area (Å²) in [6.07, 6.45) is 6.76. The average Bonchev–Trinajstić information content (AvgIpc) is 3.92. The lowest BCUT2D eigenvalue weighted by Crippen LogP contribution is -2.65.